The van der Waals surface area contributed by atoms with E-state index in [0.717, 1.165) is 27.8 Å². The van der Waals surface area contributed by atoms with Gasteiger partial charge in [0.2, 0.25) is 0 Å². The molecule has 0 radical (unpaired) electrons. The second kappa shape index (κ2) is 9.20. The molecule has 0 aliphatic rings. The van der Waals surface area contributed by atoms with Crippen molar-refractivity contribution >= 4 is 11.1 Å². The molecule has 3 aromatic rings. The van der Waals surface area contributed by atoms with Gasteiger partial charge in [-0.2, -0.15) is 0 Å². The van der Waals surface area contributed by atoms with Gasteiger partial charge in [0.15, 0.2) is 0 Å². The Labute approximate surface area is 171 Å². The minimum atomic E-state index is -2.72. The van der Waals surface area contributed by atoms with E-state index in [9.17, 15) is 0 Å². The van der Waals surface area contributed by atoms with Crippen LogP contribution in [0, 0.1) is 0 Å². The van der Waals surface area contributed by atoms with Crippen molar-refractivity contribution in [2.75, 3.05) is 27.1 Å². The summed E-state index contributed by atoms with van der Waals surface area (Å²) in [5.74, 6) is 0.541. The molecule has 138 valence electrons. The van der Waals surface area contributed by atoms with Crippen molar-refractivity contribution in [3.8, 4) is 5.75 Å². The van der Waals surface area contributed by atoms with E-state index in [-0.39, 0.29) is 13.2 Å². The number of benzene rings is 3. The molecule has 0 heterocycles. The van der Waals surface area contributed by atoms with Crippen molar-refractivity contribution in [1.82, 2.24) is 4.90 Å². The van der Waals surface area contributed by atoms with Gasteiger partial charge in [0.05, 0.1) is 0 Å². The molecule has 2 nitrogen and oxygen atoms in total. The van der Waals surface area contributed by atoms with E-state index in [4.69, 9.17) is 13.0 Å². The fourth-order valence-electron chi connectivity index (χ4n) is 3.01. The van der Waals surface area contributed by atoms with Crippen molar-refractivity contribution in [3.63, 3.8) is 0 Å². The Morgan fingerprint density at radius 2 is 1.33 bits per heavy atom. The lowest BCUT2D eigenvalue weighted by molar-refractivity contribution is 0.261. The molecule has 0 bridgehead atoms. The number of ether oxygens (including phenoxy) is 1. The summed E-state index contributed by atoms with van der Waals surface area (Å²) in [5.41, 5.74) is 5.48. The Morgan fingerprint density at radius 3 is 1.93 bits per heavy atom. The third-order valence-electron chi connectivity index (χ3n) is 4.37. The van der Waals surface area contributed by atoms with E-state index in [1.807, 2.05) is 60.7 Å². The van der Waals surface area contributed by atoms with Gasteiger partial charge in [-0.1, -0.05) is 72.8 Å². The lowest BCUT2D eigenvalue weighted by Crippen LogP contribution is -2.19. The monoisotopic (exact) mass is 363 g/mol. The van der Waals surface area contributed by atoms with Crippen LogP contribution in [0.5, 0.6) is 5.75 Å². The first-order valence-electron chi connectivity index (χ1n) is 11.9. The number of hydrogen-bond acceptors (Lipinski definition) is 2. The summed E-state index contributed by atoms with van der Waals surface area (Å²) >= 11 is 0. The molecule has 0 fully saturated rings. The Morgan fingerprint density at radius 1 is 0.778 bits per heavy atom. The second-order valence-corrected chi connectivity index (χ2v) is 6.26. The minimum Gasteiger partial charge on any atom is -0.492 e. The van der Waals surface area contributed by atoms with Crippen LogP contribution in [0.1, 0.15) is 31.8 Å². The van der Waals surface area contributed by atoms with Crippen LogP contribution in [0.15, 0.2) is 84.9 Å². The van der Waals surface area contributed by atoms with Crippen molar-refractivity contribution in [3.05, 3.63) is 102 Å². The van der Waals surface area contributed by atoms with Gasteiger partial charge in [-0.15, -0.1) is 0 Å². The third-order valence-corrected chi connectivity index (χ3v) is 4.37. The fourth-order valence-corrected chi connectivity index (χ4v) is 3.01. The van der Waals surface area contributed by atoms with Gasteiger partial charge in [0.1, 0.15) is 12.4 Å². The topological polar surface area (TPSA) is 12.5 Å². The maximum absolute atomic E-state index is 7.43. The number of nitrogens with zero attached hydrogens (tertiary/aromatic N) is 1. The first kappa shape index (κ1) is 12.5. The summed E-state index contributed by atoms with van der Waals surface area (Å²) in [5, 5.41) is 0. The van der Waals surface area contributed by atoms with Gasteiger partial charge in [-0.25, -0.2) is 0 Å². The third kappa shape index (κ3) is 5.08. The van der Waals surface area contributed by atoms with Crippen molar-refractivity contribution in [2.24, 2.45) is 0 Å². The zero-order chi connectivity index (χ0) is 24.1. The highest BCUT2D eigenvalue weighted by Crippen LogP contribution is 2.32. The molecule has 2 heteroatoms. The molecule has 0 aliphatic heterocycles. The molecular formula is C25H27NO. The van der Waals surface area contributed by atoms with E-state index in [0.29, 0.717) is 10.6 Å². The van der Waals surface area contributed by atoms with Crippen LogP contribution >= 0.6 is 0 Å². The maximum Gasteiger partial charge on any atom is 0.119 e. The molecule has 3 aromatic carbocycles. The van der Waals surface area contributed by atoms with Crippen molar-refractivity contribution < 1.29 is 13.0 Å². The summed E-state index contributed by atoms with van der Waals surface area (Å²) in [6, 6.07) is 27.9. The standard InChI is InChI=1S/C25H27NO/c1-20(21-10-6-4-7-11-21)25(22-12-8-5-9-13-22)23-14-16-24(17-15-23)27-19-18-26(2)3/h4-17H,18-19H2,1-3H3/b25-20+/i2D3,3D3. The highest BCUT2D eigenvalue weighted by atomic mass is 16.5. The minimum absolute atomic E-state index is 0.0550. The molecule has 0 atom stereocenters. The quantitative estimate of drug-likeness (QED) is 0.506. The Kier molecular flexibility index (Phi) is 4.27. The van der Waals surface area contributed by atoms with Crippen molar-refractivity contribution in [2.45, 2.75) is 6.92 Å². The highest BCUT2D eigenvalue weighted by molar-refractivity contribution is 5.97. The van der Waals surface area contributed by atoms with E-state index < -0.39 is 14.0 Å². The molecular weight excluding hydrogens is 330 g/mol. The number of likely N-dealkylation sites (N-methyl/N-ethyl adjacent to an activating group) is 1. The maximum atomic E-state index is 7.43. The molecule has 0 saturated heterocycles. The first-order valence-corrected chi connectivity index (χ1v) is 8.90. The van der Waals surface area contributed by atoms with Gasteiger partial charge in [0.25, 0.3) is 0 Å². The normalized spacial score (nSPS) is 16.2. The van der Waals surface area contributed by atoms with E-state index in [1.54, 1.807) is 0 Å². The Balaban J connectivity index is 1.82. The largest absolute Gasteiger partial charge is 0.492 e. The van der Waals surface area contributed by atoms with Gasteiger partial charge in [-0.3, -0.25) is 0 Å². The fraction of sp³-hybridized carbons (Fsp3) is 0.200. The average Bonchev–Trinajstić information content (AvgIpc) is 2.77. The molecule has 0 saturated carbocycles. The summed E-state index contributed by atoms with van der Waals surface area (Å²) < 4.78 is 50.3. The number of rotatable bonds is 7. The van der Waals surface area contributed by atoms with Crippen LogP contribution in [0.2, 0.25) is 0 Å². The van der Waals surface area contributed by atoms with Crippen LogP contribution in [-0.4, -0.2) is 32.0 Å². The molecule has 0 N–H and O–H groups in total. The van der Waals surface area contributed by atoms with E-state index >= 15 is 0 Å². The summed E-state index contributed by atoms with van der Waals surface area (Å²) in [6.45, 7) is -3.64. The SMILES string of the molecule is [2H]C([2H])([2H])N(CCOc1ccc(/C(=C(\C)c2ccccc2)c2ccccc2)cc1)C([2H])([2H])[2H]. The molecule has 3 rings (SSSR count). The molecule has 0 aliphatic carbocycles. The summed E-state index contributed by atoms with van der Waals surface area (Å²) in [4.78, 5) is 0.494. The zero-order valence-electron chi connectivity index (χ0n) is 21.4. The van der Waals surface area contributed by atoms with Crippen LogP contribution in [0.4, 0.5) is 0 Å². The predicted molar refractivity (Wildman–Crippen MR) is 115 cm³/mol. The molecule has 0 amide bonds. The second-order valence-electron chi connectivity index (χ2n) is 6.26. The predicted octanol–water partition coefficient (Wildman–Crippen LogP) is 5.61. The van der Waals surface area contributed by atoms with Crippen LogP contribution < -0.4 is 4.74 Å². The smallest absolute Gasteiger partial charge is 0.119 e. The average molecular weight is 364 g/mol. The molecule has 27 heavy (non-hydrogen) atoms. The van der Waals surface area contributed by atoms with E-state index in [1.165, 1.54) is 0 Å². The Hall–Kier alpha value is -2.84. The Bertz CT molecular complexity index is 1040. The van der Waals surface area contributed by atoms with Gasteiger partial charge in [0, 0.05) is 14.8 Å². The lowest BCUT2D eigenvalue weighted by atomic mass is 9.90. The van der Waals surface area contributed by atoms with Gasteiger partial charge < -0.3 is 9.64 Å². The highest BCUT2D eigenvalue weighted by Gasteiger charge is 2.10. The lowest BCUT2D eigenvalue weighted by Gasteiger charge is -2.15. The van der Waals surface area contributed by atoms with Gasteiger partial charge in [-0.05, 0) is 60.8 Å². The zero-order valence-corrected chi connectivity index (χ0v) is 15.4. The molecule has 0 aromatic heterocycles. The van der Waals surface area contributed by atoms with Gasteiger partial charge >= 0.3 is 0 Å². The van der Waals surface area contributed by atoms with Crippen LogP contribution in [-0.2, 0) is 0 Å². The summed E-state index contributed by atoms with van der Waals surface area (Å²) in [7, 11) is 0. The molecule has 0 spiro atoms. The molecule has 0 unspecified atom stereocenters. The van der Waals surface area contributed by atoms with Crippen molar-refractivity contribution in [1.29, 1.82) is 0 Å². The van der Waals surface area contributed by atoms with Crippen LogP contribution in [0.25, 0.3) is 11.1 Å². The first-order chi connectivity index (χ1) is 15.6. The number of hydrogen-bond donors (Lipinski definition) is 0. The number of allylic oxidation sites excluding steroid dienone is 1. The summed E-state index contributed by atoms with van der Waals surface area (Å²) in [6.07, 6.45) is 0. The van der Waals surface area contributed by atoms with E-state index in [2.05, 4.69) is 31.2 Å². The van der Waals surface area contributed by atoms with Crippen LogP contribution in [0.3, 0.4) is 0 Å².